The Hall–Kier alpha value is -1.75. The summed E-state index contributed by atoms with van der Waals surface area (Å²) in [5.41, 5.74) is 7.40. The molecule has 1 aromatic carbocycles. The molecule has 1 aliphatic rings. The maximum Gasteiger partial charge on any atom is 0.320 e. The van der Waals surface area contributed by atoms with E-state index in [9.17, 15) is 4.79 Å². The lowest BCUT2D eigenvalue weighted by molar-refractivity contribution is -0.138. The van der Waals surface area contributed by atoms with Crippen LogP contribution in [0.15, 0.2) is 12.1 Å². The minimum Gasteiger partial charge on any atom is -0.496 e. The summed E-state index contributed by atoms with van der Waals surface area (Å²) in [5, 5.41) is 8.85. The van der Waals surface area contributed by atoms with Crippen molar-refractivity contribution in [2.45, 2.75) is 31.9 Å². The summed E-state index contributed by atoms with van der Waals surface area (Å²) in [7, 11) is 1.57. The monoisotopic (exact) mass is 251 g/mol. The Morgan fingerprint density at radius 3 is 3.00 bits per heavy atom. The van der Waals surface area contributed by atoms with Crippen LogP contribution < -0.4 is 15.2 Å². The molecule has 0 aliphatic carbocycles. The van der Waals surface area contributed by atoms with Gasteiger partial charge in [-0.1, -0.05) is 0 Å². The summed E-state index contributed by atoms with van der Waals surface area (Å²) in [6.45, 7) is 2.00. The van der Waals surface area contributed by atoms with Crippen LogP contribution in [0.5, 0.6) is 11.5 Å². The number of nitrogens with two attached hydrogens (primary N) is 1. The third kappa shape index (κ3) is 2.41. The van der Waals surface area contributed by atoms with Gasteiger partial charge < -0.3 is 20.3 Å². The molecule has 2 rings (SSSR count). The number of benzene rings is 1. The van der Waals surface area contributed by atoms with Gasteiger partial charge in [0, 0.05) is 18.4 Å². The third-order valence-corrected chi connectivity index (χ3v) is 3.06. The number of ether oxygens (including phenoxy) is 2. The topological polar surface area (TPSA) is 81.8 Å². The average molecular weight is 251 g/mol. The predicted molar refractivity (Wildman–Crippen MR) is 66.1 cm³/mol. The molecule has 3 N–H and O–H groups in total. The number of aliphatic carboxylic acids is 1. The molecule has 5 nitrogen and oxygen atoms in total. The van der Waals surface area contributed by atoms with Crippen LogP contribution in [0.1, 0.15) is 18.1 Å². The molecular weight excluding hydrogens is 234 g/mol. The van der Waals surface area contributed by atoms with Crippen molar-refractivity contribution in [1.29, 1.82) is 0 Å². The van der Waals surface area contributed by atoms with Crippen molar-refractivity contribution in [3.8, 4) is 11.5 Å². The summed E-state index contributed by atoms with van der Waals surface area (Å²) in [4.78, 5) is 10.8. The molecular formula is C13H17NO4. The van der Waals surface area contributed by atoms with Crippen LogP contribution >= 0.6 is 0 Å². The number of hydrogen-bond acceptors (Lipinski definition) is 4. The fraction of sp³-hybridized carbons (Fsp3) is 0.462. The molecule has 0 spiro atoms. The number of fused-ring (bicyclic) bond motifs is 1. The normalized spacial score (nSPS) is 18.9. The first-order valence-electron chi connectivity index (χ1n) is 5.86. The maximum atomic E-state index is 10.8. The van der Waals surface area contributed by atoms with Gasteiger partial charge in [-0.25, -0.2) is 0 Å². The maximum absolute atomic E-state index is 10.8. The van der Waals surface area contributed by atoms with Gasteiger partial charge in [-0.05, 0) is 24.6 Å². The Morgan fingerprint density at radius 2 is 2.39 bits per heavy atom. The van der Waals surface area contributed by atoms with Crippen LogP contribution in [-0.2, 0) is 17.6 Å². The van der Waals surface area contributed by atoms with Crippen LogP contribution in [0.3, 0.4) is 0 Å². The summed E-state index contributed by atoms with van der Waals surface area (Å²) in [6, 6.07) is 2.80. The molecule has 2 atom stereocenters. The molecule has 0 saturated heterocycles. The lowest BCUT2D eigenvalue weighted by Crippen LogP contribution is -2.32. The Bertz CT molecular complexity index is 472. The smallest absolute Gasteiger partial charge is 0.320 e. The van der Waals surface area contributed by atoms with Gasteiger partial charge in [-0.3, -0.25) is 4.79 Å². The van der Waals surface area contributed by atoms with Crippen LogP contribution in [0.2, 0.25) is 0 Å². The molecule has 0 radical (unpaired) electrons. The zero-order valence-electron chi connectivity index (χ0n) is 10.5. The summed E-state index contributed by atoms with van der Waals surface area (Å²) in [5.74, 6) is 0.450. The fourth-order valence-electron chi connectivity index (χ4n) is 2.16. The van der Waals surface area contributed by atoms with E-state index in [0.717, 1.165) is 23.3 Å². The number of rotatable bonds is 4. The van der Waals surface area contributed by atoms with Crippen molar-refractivity contribution < 1.29 is 19.4 Å². The van der Waals surface area contributed by atoms with Crippen molar-refractivity contribution in [1.82, 2.24) is 0 Å². The average Bonchev–Trinajstić information content (AvgIpc) is 2.66. The minimum absolute atomic E-state index is 0.146. The molecule has 2 unspecified atom stereocenters. The van der Waals surface area contributed by atoms with E-state index in [1.807, 2.05) is 19.1 Å². The van der Waals surface area contributed by atoms with E-state index in [2.05, 4.69) is 0 Å². The van der Waals surface area contributed by atoms with Gasteiger partial charge in [-0.15, -0.1) is 0 Å². The zero-order valence-corrected chi connectivity index (χ0v) is 10.5. The number of methoxy groups -OCH3 is 1. The van der Waals surface area contributed by atoms with Gasteiger partial charge in [0.05, 0.1) is 7.11 Å². The molecule has 1 heterocycles. The van der Waals surface area contributed by atoms with Gasteiger partial charge in [0.1, 0.15) is 23.6 Å². The molecule has 5 heteroatoms. The van der Waals surface area contributed by atoms with Crippen molar-refractivity contribution in [3.05, 3.63) is 23.3 Å². The van der Waals surface area contributed by atoms with E-state index >= 15 is 0 Å². The van der Waals surface area contributed by atoms with E-state index in [-0.39, 0.29) is 12.5 Å². The predicted octanol–water partition coefficient (Wildman–Crippen LogP) is 0.973. The lowest BCUT2D eigenvalue weighted by atomic mass is 10.0. The molecule has 18 heavy (non-hydrogen) atoms. The molecule has 0 saturated carbocycles. The minimum atomic E-state index is -1.02. The van der Waals surface area contributed by atoms with E-state index in [1.165, 1.54) is 0 Å². The molecule has 0 amide bonds. The van der Waals surface area contributed by atoms with Gasteiger partial charge in [0.15, 0.2) is 0 Å². The second-order valence-corrected chi connectivity index (χ2v) is 4.55. The van der Waals surface area contributed by atoms with Crippen molar-refractivity contribution in [2.24, 2.45) is 5.73 Å². The second-order valence-electron chi connectivity index (χ2n) is 4.55. The van der Waals surface area contributed by atoms with E-state index in [1.54, 1.807) is 7.11 Å². The number of carboxylic acid groups (broad SMARTS) is 1. The van der Waals surface area contributed by atoms with Gasteiger partial charge in [-0.2, -0.15) is 0 Å². The molecule has 0 aromatic heterocycles. The Labute approximate surface area is 106 Å². The zero-order chi connectivity index (χ0) is 13.3. The van der Waals surface area contributed by atoms with Crippen LogP contribution in [0.25, 0.3) is 0 Å². The number of carbonyl (C=O) groups is 1. The Balaban J connectivity index is 2.30. The lowest BCUT2D eigenvalue weighted by Gasteiger charge is -2.13. The van der Waals surface area contributed by atoms with Crippen molar-refractivity contribution in [3.63, 3.8) is 0 Å². The highest BCUT2D eigenvalue weighted by Crippen LogP contribution is 2.35. The summed E-state index contributed by atoms with van der Waals surface area (Å²) in [6.07, 6.45) is 1.22. The fourth-order valence-corrected chi connectivity index (χ4v) is 2.16. The quantitative estimate of drug-likeness (QED) is 0.833. The molecule has 98 valence electrons. The highest BCUT2D eigenvalue weighted by atomic mass is 16.5. The van der Waals surface area contributed by atoms with Gasteiger partial charge in [0.2, 0.25) is 0 Å². The van der Waals surface area contributed by atoms with E-state index in [4.69, 9.17) is 20.3 Å². The summed E-state index contributed by atoms with van der Waals surface area (Å²) < 4.78 is 10.9. The van der Waals surface area contributed by atoms with Crippen molar-refractivity contribution >= 4 is 5.97 Å². The number of hydrogen-bond donors (Lipinski definition) is 2. The highest BCUT2D eigenvalue weighted by Gasteiger charge is 2.23. The molecule has 0 bridgehead atoms. The third-order valence-electron chi connectivity index (χ3n) is 3.06. The van der Waals surface area contributed by atoms with E-state index < -0.39 is 12.0 Å². The number of carboxylic acids is 1. The second kappa shape index (κ2) is 4.86. The van der Waals surface area contributed by atoms with Crippen molar-refractivity contribution in [2.75, 3.05) is 7.11 Å². The highest BCUT2D eigenvalue weighted by molar-refractivity contribution is 5.73. The first kappa shape index (κ1) is 12.7. The molecule has 1 aromatic rings. The van der Waals surface area contributed by atoms with Crippen LogP contribution in [0.4, 0.5) is 0 Å². The van der Waals surface area contributed by atoms with Gasteiger partial charge in [0.25, 0.3) is 0 Å². The van der Waals surface area contributed by atoms with Crippen LogP contribution in [0, 0.1) is 0 Å². The largest absolute Gasteiger partial charge is 0.496 e. The Kier molecular flexibility index (Phi) is 3.43. The molecule has 0 fully saturated rings. The molecule has 1 aliphatic heterocycles. The van der Waals surface area contributed by atoms with E-state index in [0.29, 0.717) is 5.75 Å². The van der Waals surface area contributed by atoms with Gasteiger partial charge >= 0.3 is 5.97 Å². The first-order valence-corrected chi connectivity index (χ1v) is 5.86. The Morgan fingerprint density at radius 1 is 1.67 bits per heavy atom. The standard InChI is InChI=1S/C13H17NO4/c1-7-3-8-5-11(17-2)9(6-12(8)18-7)4-10(14)13(15)16/h5-7,10H,3-4,14H2,1-2H3,(H,15,16). The summed E-state index contributed by atoms with van der Waals surface area (Å²) >= 11 is 0. The first-order chi connectivity index (χ1) is 8.51. The SMILES string of the molecule is COc1cc2c(cc1CC(N)C(=O)O)OC(C)C2. The van der Waals surface area contributed by atoms with Crippen LogP contribution in [-0.4, -0.2) is 30.3 Å².